The zero-order valence-corrected chi connectivity index (χ0v) is 12.1. The van der Waals surface area contributed by atoms with Crippen molar-refractivity contribution in [1.82, 2.24) is 5.32 Å². The van der Waals surface area contributed by atoms with Crippen molar-refractivity contribution in [2.24, 2.45) is 0 Å². The molecular weight excluding hydrogens is 272 g/mol. The third-order valence-corrected chi connectivity index (χ3v) is 4.84. The molecule has 2 atom stereocenters. The highest BCUT2D eigenvalue weighted by Crippen LogP contribution is 2.15. The van der Waals surface area contributed by atoms with Gasteiger partial charge in [0.1, 0.15) is 11.6 Å². The van der Waals surface area contributed by atoms with Gasteiger partial charge in [0, 0.05) is 12.3 Å². The molecule has 6 heteroatoms. The molecule has 0 saturated heterocycles. The van der Waals surface area contributed by atoms with E-state index in [4.69, 9.17) is 0 Å². The number of likely N-dealkylation sites (N-methyl/N-ethyl adjacent to an activating group) is 1. The molecule has 1 aromatic rings. The van der Waals surface area contributed by atoms with E-state index in [1.165, 1.54) is 0 Å². The molecule has 0 aliphatic rings. The molecule has 0 aromatic heterocycles. The van der Waals surface area contributed by atoms with Crippen molar-refractivity contribution >= 4 is 9.84 Å². The largest absolute Gasteiger partial charge is 0.313 e. The fraction of sp³-hybridized carbons (Fsp3) is 0.538. The van der Waals surface area contributed by atoms with Crippen LogP contribution in [-0.4, -0.2) is 32.5 Å². The number of nitrogens with one attached hydrogen (secondary N) is 1. The van der Waals surface area contributed by atoms with Gasteiger partial charge < -0.3 is 5.32 Å². The predicted octanol–water partition coefficient (Wildman–Crippen LogP) is 1.92. The molecule has 0 aliphatic carbocycles. The summed E-state index contributed by atoms with van der Waals surface area (Å²) in [7, 11) is -3.25. The quantitative estimate of drug-likeness (QED) is 0.871. The van der Waals surface area contributed by atoms with Crippen molar-refractivity contribution in [3.63, 3.8) is 0 Å². The fourth-order valence-electron chi connectivity index (χ4n) is 1.90. The molecule has 108 valence electrons. The van der Waals surface area contributed by atoms with E-state index < -0.39 is 32.8 Å². The first-order valence-electron chi connectivity index (χ1n) is 6.12. The van der Waals surface area contributed by atoms with Crippen molar-refractivity contribution in [2.45, 2.75) is 31.6 Å². The summed E-state index contributed by atoms with van der Waals surface area (Å²) in [5.74, 6) is -1.05. The van der Waals surface area contributed by atoms with Crippen molar-refractivity contribution in [1.29, 1.82) is 0 Å². The molecule has 0 fully saturated rings. The molecule has 1 N–H and O–H groups in total. The number of halogens is 2. The lowest BCUT2D eigenvalue weighted by Crippen LogP contribution is -2.43. The number of hydrogen-bond donors (Lipinski definition) is 1. The second-order valence-electron chi connectivity index (χ2n) is 4.64. The first kappa shape index (κ1) is 16.0. The van der Waals surface area contributed by atoms with E-state index in [1.807, 2.05) is 6.92 Å². The molecular formula is C13H19F2NO2S. The molecule has 0 radical (unpaired) electrons. The second-order valence-corrected chi connectivity index (χ2v) is 7.04. The van der Waals surface area contributed by atoms with E-state index in [0.717, 1.165) is 24.5 Å². The van der Waals surface area contributed by atoms with Crippen molar-refractivity contribution in [2.75, 3.05) is 12.8 Å². The Morgan fingerprint density at radius 1 is 1.32 bits per heavy atom. The Labute approximate surface area is 112 Å². The summed E-state index contributed by atoms with van der Waals surface area (Å²) >= 11 is 0. The minimum absolute atomic E-state index is 0.131. The summed E-state index contributed by atoms with van der Waals surface area (Å²) in [6, 6.07) is 2.76. The number of benzene rings is 1. The van der Waals surface area contributed by atoms with Gasteiger partial charge in [-0.05, 0) is 43.7 Å². The average Bonchev–Trinajstić information content (AvgIpc) is 2.31. The van der Waals surface area contributed by atoms with Crippen molar-refractivity contribution < 1.29 is 17.2 Å². The molecule has 0 spiro atoms. The van der Waals surface area contributed by atoms with Gasteiger partial charge in [0.05, 0.1) is 5.25 Å². The molecule has 0 aliphatic heterocycles. The van der Waals surface area contributed by atoms with Crippen LogP contribution in [0.5, 0.6) is 0 Å². The smallest absolute Gasteiger partial charge is 0.151 e. The normalized spacial score (nSPS) is 15.2. The summed E-state index contributed by atoms with van der Waals surface area (Å²) in [5, 5.41) is 2.34. The molecule has 1 rings (SSSR count). The number of rotatable bonds is 6. The van der Waals surface area contributed by atoms with Crippen LogP contribution < -0.4 is 5.32 Å². The Morgan fingerprint density at radius 2 is 1.95 bits per heavy atom. The van der Waals surface area contributed by atoms with Crippen LogP contribution in [0.3, 0.4) is 0 Å². The van der Waals surface area contributed by atoms with Crippen molar-refractivity contribution in [3.05, 3.63) is 35.4 Å². The molecule has 0 bridgehead atoms. The zero-order valence-electron chi connectivity index (χ0n) is 11.3. The van der Waals surface area contributed by atoms with E-state index in [2.05, 4.69) is 5.32 Å². The van der Waals surface area contributed by atoms with Gasteiger partial charge in [0.15, 0.2) is 9.84 Å². The van der Waals surface area contributed by atoms with Crippen LogP contribution in [0.15, 0.2) is 18.2 Å². The first-order chi connectivity index (χ1) is 8.75. The summed E-state index contributed by atoms with van der Waals surface area (Å²) < 4.78 is 49.9. The van der Waals surface area contributed by atoms with E-state index >= 15 is 0 Å². The molecule has 0 saturated carbocycles. The monoisotopic (exact) mass is 291 g/mol. The minimum atomic E-state index is -3.25. The lowest BCUT2D eigenvalue weighted by Gasteiger charge is -2.23. The Morgan fingerprint density at radius 3 is 2.47 bits per heavy atom. The summed E-state index contributed by atoms with van der Waals surface area (Å²) in [4.78, 5) is 0. The van der Waals surface area contributed by atoms with Crippen LogP contribution >= 0.6 is 0 Å². The van der Waals surface area contributed by atoms with Crippen LogP contribution in [0.4, 0.5) is 8.78 Å². The van der Waals surface area contributed by atoms with Gasteiger partial charge in [0.2, 0.25) is 0 Å². The predicted molar refractivity (Wildman–Crippen MR) is 71.8 cm³/mol. The molecule has 0 amide bonds. The van der Waals surface area contributed by atoms with Crippen LogP contribution in [0.1, 0.15) is 19.4 Å². The van der Waals surface area contributed by atoms with E-state index in [-0.39, 0.29) is 12.0 Å². The van der Waals surface area contributed by atoms with Gasteiger partial charge in [-0.3, -0.25) is 0 Å². The lowest BCUT2D eigenvalue weighted by atomic mass is 10.0. The Balaban J connectivity index is 2.99. The summed E-state index contributed by atoms with van der Waals surface area (Å²) in [6.07, 6.45) is 1.27. The molecule has 19 heavy (non-hydrogen) atoms. The summed E-state index contributed by atoms with van der Waals surface area (Å²) in [6.45, 7) is 3.96. The topological polar surface area (TPSA) is 46.2 Å². The SMILES string of the molecule is CCNC(Cc1cc(F)ccc1F)C(C)S(C)(=O)=O. The van der Waals surface area contributed by atoms with Gasteiger partial charge in [0.25, 0.3) is 0 Å². The van der Waals surface area contributed by atoms with Gasteiger partial charge in [-0.2, -0.15) is 0 Å². The third-order valence-electron chi connectivity index (χ3n) is 3.16. The maximum atomic E-state index is 13.6. The zero-order chi connectivity index (χ0) is 14.6. The number of hydrogen-bond acceptors (Lipinski definition) is 3. The van der Waals surface area contributed by atoms with E-state index in [0.29, 0.717) is 6.54 Å². The van der Waals surface area contributed by atoms with Gasteiger partial charge in [-0.1, -0.05) is 6.92 Å². The highest BCUT2D eigenvalue weighted by molar-refractivity contribution is 7.91. The number of sulfone groups is 1. The maximum Gasteiger partial charge on any atom is 0.151 e. The van der Waals surface area contributed by atoms with Gasteiger partial charge >= 0.3 is 0 Å². The fourth-order valence-corrected chi connectivity index (χ4v) is 2.69. The van der Waals surface area contributed by atoms with E-state index in [9.17, 15) is 17.2 Å². The van der Waals surface area contributed by atoms with Crippen molar-refractivity contribution in [3.8, 4) is 0 Å². The Kier molecular flexibility index (Phi) is 5.43. The first-order valence-corrected chi connectivity index (χ1v) is 8.07. The highest BCUT2D eigenvalue weighted by atomic mass is 32.2. The molecule has 3 nitrogen and oxygen atoms in total. The lowest BCUT2D eigenvalue weighted by molar-refractivity contribution is 0.481. The standard InChI is InChI=1S/C13H19F2NO2S/c1-4-16-13(9(2)19(3,17)18)8-10-7-11(14)5-6-12(10)15/h5-7,9,13,16H,4,8H2,1-3H3. The average molecular weight is 291 g/mol. The second kappa shape index (κ2) is 6.43. The van der Waals surface area contributed by atoms with Crippen LogP contribution in [0.2, 0.25) is 0 Å². The Hall–Kier alpha value is -1.01. The molecule has 1 aromatic carbocycles. The maximum absolute atomic E-state index is 13.6. The highest BCUT2D eigenvalue weighted by Gasteiger charge is 2.26. The van der Waals surface area contributed by atoms with Gasteiger partial charge in [-0.15, -0.1) is 0 Å². The Bertz CT molecular complexity index is 531. The molecule has 0 heterocycles. The van der Waals surface area contributed by atoms with Crippen LogP contribution in [0, 0.1) is 11.6 Å². The van der Waals surface area contributed by atoms with Gasteiger partial charge in [-0.25, -0.2) is 17.2 Å². The van der Waals surface area contributed by atoms with Crippen LogP contribution in [-0.2, 0) is 16.3 Å². The minimum Gasteiger partial charge on any atom is -0.313 e. The van der Waals surface area contributed by atoms with E-state index in [1.54, 1.807) is 6.92 Å². The third kappa shape index (κ3) is 4.54. The summed E-state index contributed by atoms with van der Waals surface area (Å²) in [5.41, 5.74) is 0.182. The molecule has 2 unspecified atom stereocenters. The van der Waals surface area contributed by atoms with Crippen LogP contribution in [0.25, 0.3) is 0 Å².